The molecule has 0 saturated heterocycles. The minimum atomic E-state index is -1.13. The van der Waals surface area contributed by atoms with Crippen LogP contribution < -0.4 is 5.32 Å². The van der Waals surface area contributed by atoms with Gasteiger partial charge in [-0.3, -0.25) is 9.78 Å². The van der Waals surface area contributed by atoms with E-state index >= 15 is 0 Å². The zero-order valence-corrected chi connectivity index (χ0v) is 9.64. The lowest BCUT2D eigenvalue weighted by molar-refractivity contribution is -0.140. The maximum Gasteiger partial charge on any atom is 0.328 e. The SMILES string of the molecule is COCC(NC(=O)c1ccnc(C)c1)C(=O)O. The standard InChI is InChI=1S/C11H14N2O4/c1-7-5-8(3-4-12-7)10(14)13-9(6-17-2)11(15)16/h3-5,9H,6H2,1-2H3,(H,13,14)(H,15,16). The first kappa shape index (κ1) is 13.1. The van der Waals surface area contributed by atoms with Gasteiger partial charge in [-0.25, -0.2) is 4.79 Å². The van der Waals surface area contributed by atoms with Crippen LogP contribution in [0.3, 0.4) is 0 Å². The van der Waals surface area contributed by atoms with E-state index in [0.29, 0.717) is 11.3 Å². The van der Waals surface area contributed by atoms with Crippen LogP contribution in [-0.4, -0.2) is 41.7 Å². The minimum absolute atomic E-state index is 0.0782. The Morgan fingerprint density at radius 1 is 1.59 bits per heavy atom. The number of aliphatic carboxylic acids is 1. The van der Waals surface area contributed by atoms with Gasteiger partial charge in [0.15, 0.2) is 6.04 Å². The van der Waals surface area contributed by atoms with Crippen LogP contribution in [-0.2, 0) is 9.53 Å². The normalized spacial score (nSPS) is 11.9. The summed E-state index contributed by atoms with van der Waals surface area (Å²) in [6, 6.07) is 2.05. The lowest BCUT2D eigenvalue weighted by Crippen LogP contribution is -2.43. The molecule has 6 heteroatoms. The van der Waals surface area contributed by atoms with E-state index in [4.69, 9.17) is 9.84 Å². The Hall–Kier alpha value is -1.95. The predicted octanol–water partition coefficient (Wildman–Crippen LogP) is 0.219. The molecule has 0 bridgehead atoms. The summed E-state index contributed by atoms with van der Waals surface area (Å²) in [4.78, 5) is 26.5. The summed E-state index contributed by atoms with van der Waals surface area (Å²) in [6.45, 7) is 1.67. The van der Waals surface area contributed by atoms with E-state index in [-0.39, 0.29) is 6.61 Å². The van der Waals surface area contributed by atoms with Crippen LogP contribution in [0.2, 0.25) is 0 Å². The molecule has 1 unspecified atom stereocenters. The molecule has 17 heavy (non-hydrogen) atoms. The smallest absolute Gasteiger partial charge is 0.328 e. The fourth-order valence-electron chi connectivity index (χ4n) is 1.27. The Bertz CT molecular complexity index is 420. The lowest BCUT2D eigenvalue weighted by atomic mass is 10.2. The fraction of sp³-hybridized carbons (Fsp3) is 0.364. The van der Waals surface area contributed by atoms with E-state index in [1.807, 2.05) is 0 Å². The van der Waals surface area contributed by atoms with Crippen LogP contribution in [0.15, 0.2) is 18.3 Å². The van der Waals surface area contributed by atoms with Gasteiger partial charge in [-0.05, 0) is 19.1 Å². The molecule has 0 fully saturated rings. The Morgan fingerprint density at radius 2 is 2.29 bits per heavy atom. The Labute approximate surface area is 98.6 Å². The average molecular weight is 238 g/mol. The molecule has 1 atom stereocenters. The Morgan fingerprint density at radius 3 is 2.82 bits per heavy atom. The number of carboxylic acid groups (broad SMARTS) is 1. The van der Waals surface area contributed by atoms with Crippen LogP contribution in [0, 0.1) is 6.92 Å². The molecule has 0 spiro atoms. The second-order valence-electron chi connectivity index (χ2n) is 3.51. The second-order valence-corrected chi connectivity index (χ2v) is 3.51. The summed E-state index contributed by atoms with van der Waals surface area (Å²) in [5.41, 5.74) is 1.07. The van der Waals surface area contributed by atoms with Gasteiger partial charge in [0.1, 0.15) is 0 Å². The van der Waals surface area contributed by atoms with E-state index in [2.05, 4.69) is 10.3 Å². The third-order valence-corrected chi connectivity index (χ3v) is 2.10. The summed E-state index contributed by atoms with van der Waals surface area (Å²) >= 11 is 0. The molecular weight excluding hydrogens is 224 g/mol. The van der Waals surface area contributed by atoms with Crippen LogP contribution in [0.1, 0.15) is 16.1 Å². The minimum Gasteiger partial charge on any atom is -0.480 e. The van der Waals surface area contributed by atoms with E-state index in [9.17, 15) is 9.59 Å². The number of aromatic nitrogens is 1. The number of nitrogens with zero attached hydrogens (tertiary/aromatic N) is 1. The Kier molecular flexibility index (Phi) is 4.59. The van der Waals surface area contributed by atoms with Gasteiger partial charge < -0.3 is 15.2 Å². The first-order valence-corrected chi connectivity index (χ1v) is 5.00. The van der Waals surface area contributed by atoms with Gasteiger partial charge in [0, 0.05) is 24.6 Å². The number of ether oxygens (including phenoxy) is 1. The van der Waals surface area contributed by atoms with Crippen molar-refractivity contribution in [1.29, 1.82) is 0 Å². The number of carboxylic acids is 1. The Balaban J connectivity index is 2.73. The molecule has 0 aliphatic carbocycles. The van der Waals surface area contributed by atoms with Crippen molar-refractivity contribution in [2.24, 2.45) is 0 Å². The number of carbonyl (C=O) groups is 2. The second kappa shape index (κ2) is 5.95. The predicted molar refractivity (Wildman–Crippen MR) is 59.7 cm³/mol. The maximum atomic E-state index is 11.7. The summed E-state index contributed by atoms with van der Waals surface area (Å²) in [6.07, 6.45) is 1.50. The number of carbonyl (C=O) groups excluding carboxylic acids is 1. The zero-order chi connectivity index (χ0) is 12.8. The molecule has 1 aromatic rings. The number of hydrogen-bond donors (Lipinski definition) is 2. The zero-order valence-electron chi connectivity index (χ0n) is 9.64. The molecule has 1 aromatic heterocycles. The lowest BCUT2D eigenvalue weighted by Gasteiger charge is -2.13. The highest BCUT2D eigenvalue weighted by molar-refractivity contribution is 5.96. The summed E-state index contributed by atoms with van der Waals surface area (Å²) in [5.74, 6) is -1.59. The molecule has 0 radical (unpaired) electrons. The third kappa shape index (κ3) is 3.84. The van der Waals surface area contributed by atoms with Crippen molar-refractivity contribution >= 4 is 11.9 Å². The monoisotopic (exact) mass is 238 g/mol. The largest absolute Gasteiger partial charge is 0.480 e. The third-order valence-electron chi connectivity index (χ3n) is 2.10. The van der Waals surface area contributed by atoms with Crippen molar-refractivity contribution in [2.75, 3.05) is 13.7 Å². The molecule has 0 saturated carbocycles. The summed E-state index contributed by atoms with van der Waals surface area (Å²) in [7, 11) is 1.37. The van der Waals surface area contributed by atoms with Gasteiger partial charge in [0.05, 0.1) is 6.61 Å². The van der Waals surface area contributed by atoms with E-state index < -0.39 is 17.9 Å². The first-order valence-electron chi connectivity index (χ1n) is 5.00. The average Bonchev–Trinajstić information content (AvgIpc) is 2.28. The summed E-state index contributed by atoms with van der Waals surface area (Å²) in [5, 5.41) is 11.2. The van der Waals surface area contributed by atoms with Crippen LogP contribution in [0.4, 0.5) is 0 Å². The quantitative estimate of drug-likeness (QED) is 0.766. The van der Waals surface area contributed by atoms with Crippen LogP contribution in [0.25, 0.3) is 0 Å². The topological polar surface area (TPSA) is 88.5 Å². The molecule has 0 aliphatic rings. The first-order chi connectivity index (χ1) is 8.04. The van der Waals surface area contributed by atoms with Gasteiger partial charge in [-0.2, -0.15) is 0 Å². The number of methoxy groups -OCH3 is 1. The number of rotatable bonds is 5. The molecule has 2 N–H and O–H groups in total. The van der Waals surface area contributed by atoms with Crippen molar-refractivity contribution < 1.29 is 19.4 Å². The van der Waals surface area contributed by atoms with Crippen molar-refractivity contribution in [1.82, 2.24) is 10.3 Å². The molecule has 1 amide bonds. The van der Waals surface area contributed by atoms with Gasteiger partial charge in [0.25, 0.3) is 5.91 Å². The van der Waals surface area contributed by atoms with Crippen LogP contribution >= 0.6 is 0 Å². The molecular formula is C11H14N2O4. The molecule has 0 aromatic carbocycles. The van der Waals surface area contributed by atoms with Crippen molar-refractivity contribution in [3.8, 4) is 0 Å². The number of amides is 1. The molecule has 6 nitrogen and oxygen atoms in total. The van der Waals surface area contributed by atoms with Crippen molar-refractivity contribution in [2.45, 2.75) is 13.0 Å². The fourth-order valence-corrected chi connectivity index (χ4v) is 1.27. The number of pyridine rings is 1. The number of aryl methyl sites for hydroxylation is 1. The van der Waals surface area contributed by atoms with E-state index in [0.717, 1.165) is 0 Å². The molecule has 1 heterocycles. The van der Waals surface area contributed by atoms with Gasteiger partial charge in [0.2, 0.25) is 0 Å². The highest BCUT2D eigenvalue weighted by Crippen LogP contribution is 2.01. The van der Waals surface area contributed by atoms with E-state index in [1.165, 1.54) is 19.4 Å². The molecule has 92 valence electrons. The summed E-state index contributed by atoms with van der Waals surface area (Å²) < 4.78 is 4.72. The van der Waals surface area contributed by atoms with Crippen molar-refractivity contribution in [3.05, 3.63) is 29.6 Å². The van der Waals surface area contributed by atoms with Crippen molar-refractivity contribution in [3.63, 3.8) is 0 Å². The maximum absolute atomic E-state index is 11.7. The van der Waals surface area contributed by atoms with E-state index in [1.54, 1.807) is 13.0 Å². The number of hydrogen-bond acceptors (Lipinski definition) is 4. The van der Waals surface area contributed by atoms with Gasteiger partial charge in [-0.15, -0.1) is 0 Å². The van der Waals surface area contributed by atoms with Gasteiger partial charge in [-0.1, -0.05) is 0 Å². The van der Waals surface area contributed by atoms with Gasteiger partial charge >= 0.3 is 5.97 Å². The molecule has 1 rings (SSSR count). The highest BCUT2D eigenvalue weighted by atomic mass is 16.5. The highest BCUT2D eigenvalue weighted by Gasteiger charge is 2.20. The van der Waals surface area contributed by atoms with Crippen LogP contribution in [0.5, 0.6) is 0 Å². The number of nitrogens with one attached hydrogen (secondary N) is 1. The molecule has 0 aliphatic heterocycles.